The Labute approximate surface area is 257 Å². The summed E-state index contributed by atoms with van der Waals surface area (Å²) >= 11 is 19.0. The number of halogens is 4. The molecule has 2 aromatic heterocycles. The van der Waals surface area contributed by atoms with Crippen LogP contribution in [0, 0.1) is 5.82 Å². The van der Waals surface area contributed by atoms with Crippen molar-refractivity contribution in [2.45, 2.75) is 0 Å². The van der Waals surface area contributed by atoms with Crippen molar-refractivity contribution < 1.29 is 18.3 Å². The molecule has 6 rings (SSSR count). The Bertz CT molecular complexity index is 2100. The Kier molecular flexibility index (Phi) is 7.86. The number of benzene rings is 4. The van der Waals surface area contributed by atoms with Crippen molar-refractivity contribution in [3.8, 4) is 17.3 Å². The molecule has 2 heterocycles. The lowest BCUT2D eigenvalue weighted by atomic mass is 10.2. The molecule has 0 atom stereocenters. The Balaban J connectivity index is 1.30. The van der Waals surface area contributed by atoms with Crippen LogP contribution in [0.15, 0.2) is 99.2 Å². The van der Waals surface area contributed by atoms with Crippen LogP contribution in [-0.2, 0) is 4.79 Å². The lowest BCUT2D eigenvalue weighted by molar-refractivity contribution is -0.118. The molecule has 4 aromatic carbocycles. The number of hydrogen-bond acceptors (Lipinski definition) is 6. The number of fused-ring (bicyclic) bond motifs is 2. The molecule has 6 aromatic rings. The highest BCUT2D eigenvalue weighted by molar-refractivity contribution is 6.37. The zero-order chi connectivity index (χ0) is 30.1. The van der Waals surface area contributed by atoms with Gasteiger partial charge in [0.1, 0.15) is 11.4 Å². The van der Waals surface area contributed by atoms with Crippen LogP contribution < -0.4 is 15.6 Å². The summed E-state index contributed by atoms with van der Waals surface area (Å²) in [7, 11) is 0. The Morgan fingerprint density at radius 1 is 1.00 bits per heavy atom. The zero-order valence-electron chi connectivity index (χ0n) is 21.9. The van der Waals surface area contributed by atoms with Gasteiger partial charge in [0.2, 0.25) is 5.82 Å². The monoisotopic (exact) mass is 634 g/mol. The van der Waals surface area contributed by atoms with Gasteiger partial charge >= 0.3 is 0 Å². The molecular weight excluding hydrogens is 618 g/mol. The summed E-state index contributed by atoms with van der Waals surface area (Å²) in [6, 6.07) is 22.5. The second-order valence-corrected chi connectivity index (χ2v) is 10.5. The summed E-state index contributed by atoms with van der Waals surface area (Å²) in [5.41, 5.74) is 1.06. The van der Waals surface area contributed by atoms with Crippen LogP contribution in [0.25, 0.3) is 33.5 Å². The van der Waals surface area contributed by atoms with E-state index in [0.29, 0.717) is 32.8 Å². The first-order valence-corrected chi connectivity index (χ1v) is 13.8. The summed E-state index contributed by atoms with van der Waals surface area (Å²) in [5, 5.41) is 8.63. The van der Waals surface area contributed by atoms with Crippen LogP contribution in [0.1, 0.15) is 5.56 Å². The minimum atomic E-state index is -0.605. The van der Waals surface area contributed by atoms with Crippen molar-refractivity contribution in [2.24, 2.45) is 5.10 Å². The van der Waals surface area contributed by atoms with Crippen LogP contribution in [0.2, 0.25) is 15.1 Å². The van der Waals surface area contributed by atoms with Crippen LogP contribution in [0.3, 0.4) is 0 Å². The normalized spacial score (nSPS) is 11.4. The van der Waals surface area contributed by atoms with Gasteiger partial charge in [-0.05, 0) is 66.2 Å². The van der Waals surface area contributed by atoms with E-state index in [-0.39, 0.29) is 27.3 Å². The Hall–Kier alpha value is -4.70. The van der Waals surface area contributed by atoms with Crippen LogP contribution in [-0.4, -0.2) is 28.4 Å². The third-order valence-electron chi connectivity index (χ3n) is 6.29. The van der Waals surface area contributed by atoms with Crippen LogP contribution >= 0.6 is 34.8 Å². The predicted molar refractivity (Wildman–Crippen MR) is 166 cm³/mol. The summed E-state index contributed by atoms with van der Waals surface area (Å²) in [5.74, 6) is -0.651. The van der Waals surface area contributed by atoms with Gasteiger partial charge in [0, 0.05) is 10.4 Å². The van der Waals surface area contributed by atoms with Gasteiger partial charge in [-0.3, -0.25) is 9.59 Å². The quantitative estimate of drug-likeness (QED) is 0.181. The molecule has 12 heteroatoms. The van der Waals surface area contributed by atoms with Gasteiger partial charge in [0.05, 0.1) is 32.9 Å². The van der Waals surface area contributed by atoms with E-state index in [9.17, 15) is 14.0 Å². The number of nitrogens with one attached hydrogen (secondary N) is 1. The number of hydrogen-bond donors (Lipinski definition) is 1. The smallest absolute Gasteiger partial charge is 0.282 e. The van der Waals surface area contributed by atoms with Gasteiger partial charge in [0.25, 0.3) is 11.5 Å². The fraction of sp³-hybridized carbons (Fsp3) is 0.0323. The molecule has 214 valence electrons. The summed E-state index contributed by atoms with van der Waals surface area (Å²) in [4.78, 5) is 30.4. The number of furan rings is 1. The maximum atomic E-state index is 13.8. The number of carbonyl (C=O) groups is 1. The molecule has 0 aliphatic heterocycles. The van der Waals surface area contributed by atoms with Crippen molar-refractivity contribution in [1.82, 2.24) is 9.66 Å². The lowest BCUT2D eigenvalue weighted by Gasteiger charge is -2.11. The van der Waals surface area contributed by atoms with Gasteiger partial charge in [-0.25, -0.2) is 9.37 Å². The molecule has 1 N–H and O–H groups in total. The lowest BCUT2D eigenvalue weighted by Crippen LogP contribution is -2.21. The third kappa shape index (κ3) is 5.96. The minimum absolute atomic E-state index is 0.0177. The molecule has 0 saturated heterocycles. The molecule has 0 bridgehead atoms. The van der Waals surface area contributed by atoms with E-state index in [1.54, 1.807) is 54.6 Å². The molecule has 0 fully saturated rings. The molecular formula is C31H18Cl3FN4O4. The average molecular weight is 636 g/mol. The fourth-order valence-electron chi connectivity index (χ4n) is 4.32. The number of carbonyl (C=O) groups excluding carboxylic acids is 1. The highest BCUT2D eigenvalue weighted by Gasteiger charge is 2.17. The van der Waals surface area contributed by atoms with E-state index >= 15 is 0 Å². The molecule has 0 spiro atoms. The standard InChI is InChI=1S/C31H18Cl3FN4O4/c32-19-9-10-26-18(13-19)14-27(43-26)30-38-24-7-3-1-5-20(24)31(41)39(30)36-15-17-11-21(33)29(22(34)12-17)42-16-28(40)37-25-8-4-2-6-23(25)35/h1-15H,16H2,(H,37,40). The molecule has 43 heavy (non-hydrogen) atoms. The number of anilines is 1. The average Bonchev–Trinajstić information content (AvgIpc) is 3.40. The summed E-state index contributed by atoms with van der Waals surface area (Å²) < 4.78 is 26.4. The van der Waals surface area contributed by atoms with Gasteiger partial charge in [0.15, 0.2) is 18.1 Å². The van der Waals surface area contributed by atoms with E-state index in [2.05, 4.69) is 15.4 Å². The van der Waals surface area contributed by atoms with E-state index < -0.39 is 23.9 Å². The van der Waals surface area contributed by atoms with Crippen molar-refractivity contribution in [2.75, 3.05) is 11.9 Å². The topological polar surface area (TPSA) is 98.7 Å². The number of rotatable bonds is 7. The maximum Gasteiger partial charge on any atom is 0.282 e. The molecule has 0 aliphatic rings. The van der Waals surface area contributed by atoms with E-state index in [0.717, 1.165) is 10.1 Å². The SMILES string of the molecule is O=C(COc1c(Cl)cc(C=Nn2c(-c3cc4cc(Cl)ccc4o3)nc3ccccc3c2=O)cc1Cl)Nc1ccccc1F. The number of aromatic nitrogens is 2. The fourth-order valence-corrected chi connectivity index (χ4v) is 5.11. The molecule has 0 aliphatic carbocycles. The third-order valence-corrected chi connectivity index (χ3v) is 7.09. The first-order chi connectivity index (χ1) is 20.8. The number of para-hydroxylation sites is 2. The second kappa shape index (κ2) is 11.9. The first kappa shape index (κ1) is 28.4. The van der Waals surface area contributed by atoms with Gasteiger partial charge in [-0.1, -0.05) is 59.1 Å². The van der Waals surface area contributed by atoms with Crippen molar-refractivity contribution in [3.63, 3.8) is 0 Å². The van der Waals surface area contributed by atoms with E-state index in [4.69, 9.17) is 44.0 Å². The Morgan fingerprint density at radius 2 is 1.74 bits per heavy atom. The highest BCUT2D eigenvalue weighted by Crippen LogP contribution is 2.34. The number of amides is 1. The van der Waals surface area contributed by atoms with Gasteiger partial charge in [-0.15, -0.1) is 0 Å². The molecule has 0 saturated carbocycles. The molecule has 8 nitrogen and oxygen atoms in total. The summed E-state index contributed by atoms with van der Waals surface area (Å²) in [6.07, 6.45) is 1.38. The second-order valence-electron chi connectivity index (χ2n) is 9.24. The van der Waals surface area contributed by atoms with Crippen molar-refractivity contribution >= 4 is 74.5 Å². The maximum absolute atomic E-state index is 13.8. The van der Waals surface area contributed by atoms with E-state index in [1.165, 1.54) is 36.5 Å². The summed E-state index contributed by atoms with van der Waals surface area (Å²) in [6.45, 7) is -0.467. The van der Waals surface area contributed by atoms with Crippen molar-refractivity contribution in [3.05, 3.63) is 122 Å². The van der Waals surface area contributed by atoms with Crippen LogP contribution in [0.5, 0.6) is 5.75 Å². The van der Waals surface area contributed by atoms with E-state index in [1.807, 2.05) is 0 Å². The zero-order valence-corrected chi connectivity index (χ0v) is 24.1. The number of ether oxygens (including phenoxy) is 1. The first-order valence-electron chi connectivity index (χ1n) is 12.7. The van der Waals surface area contributed by atoms with Crippen molar-refractivity contribution in [1.29, 1.82) is 0 Å². The van der Waals surface area contributed by atoms with Gasteiger partial charge < -0.3 is 14.5 Å². The molecule has 1 amide bonds. The van der Waals surface area contributed by atoms with Crippen LogP contribution in [0.4, 0.5) is 10.1 Å². The predicted octanol–water partition coefficient (Wildman–Crippen LogP) is 7.81. The Morgan fingerprint density at radius 3 is 2.53 bits per heavy atom. The number of nitrogens with zero attached hydrogens (tertiary/aromatic N) is 3. The highest BCUT2D eigenvalue weighted by atomic mass is 35.5. The minimum Gasteiger partial charge on any atom is -0.481 e. The largest absolute Gasteiger partial charge is 0.481 e. The molecule has 0 radical (unpaired) electrons. The molecule has 0 unspecified atom stereocenters. The van der Waals surface area contributed by atoms with Gasteiger partial charge in [-0.2, -0.15) is 9.78 Å².